The van der Waals surface area contributed by atoms with Gasteiger partial charge in [0.15, 0.2) is 0 Å². The largest absolute Gasteiger partial charge is 0.466 e. The Hall–Kier alpha value is -1.66. The number of aliphatic hydroxyl groups excluding tert-OH is 2. The van der Waals surface area contributed by atoms with Gasteiger partial charge < -0.3 is 20.3 Å². The second kappa shape index (κ2) is 48.0. The van der Waals surface area contributed by atoms with Crippen LogP contribution in [0.2, 0.25) is 0 Å². The summed E-state index contributed by atoms with van der Waals surface area (Å²) >= 11 is 0. The molecule has 0 bridgehead atoms. The summed E-state index contributed by atoms with van der Waals surface area (Å²) in [6, 6.07) is -0.583. The normalized spacial score (nSPS) is 12.8. The first-order valence-electron chi connectivity index (χ1n) is 25.6. The Morgan fingerprint density at radius 1 is 0.483 bits per heavy atom. The lowest BCUT2D eigenvalue weighted by molar-refractivity contribution is -0.143. The van der Waals surface area contributed by atoms with Crippen molar-refractivity contribution in [3.8, 4) is 0 Å². The minimum Gasteiger partial charge on any atom is -0.466 e. The topological polar surface area (TPSA) is 95.9 Å². The van der Waals surface area contributed by atoms with Crippen LogP contribution < -0.4 is 5.32 Å². The summed E-state index contributed by atoms with van der Waals surface area (Å²) in [5, 5.41) is 23.0. The molecule has 6 heteroatoms. The van der Waals surface area contributed by atoms with E-state index in [1.165, 1.54) is 180 Å². The summed E-state index contributed by atoms with van der Waals surface area (Å²) in [6.45, 7) is 4.88. The van der Waals surface area contributed by atoms with Crippen molar-refractivity contribution in [3.63, 3.8) is 0 Å². The fourth-order valence-corrected chi connectivity index (χ4v) is 7.81. The van der Waals surface area contributed by atoms with Crippen molar-refractivity contribution in [2.24, 2.45) is 0 Å². The average Bonchev–Trinajstić information content (AvgIpc) is 3.22. The monoisotopic (exact) mass is 818 g/mol. The molecule has 0 aromatic carbocycles. The summed E-state index contributed by atoms with van der Waals surface area (Å²) in [6.07, 6.45) is 56.0. The Labute approximate surface area is 361 Å². The van der Waals surface area contributed by atoms with Crippen molar-refractivity contribution >= 4 is 11.9 Å². The minimum absolute atomic E-state index is 0.0132. The van der Waals surface area contributed by atoms with Crippen molar-refractivity contribution in [1.29, 1.82) is 0 Å². The maximum absolute atomic E-state index is 12.3. The van der Waals surface area contributed by atoms with Gasteiger partial charge in [-0.2, -0.15) is 0 Å². The molecule has 0 rings (SSSR count). The summed E-state index contributed by atoms with van der Waals surface area (Å²) in [5.41, 5.74) is 0. The van der Waals surface area contributed by atoms with Gasteiger partial charge in [0, 0.05) is 12.8 Å². The molecule has 2 atom stereocenters. The molecule has 0 heterocycles. The van der Waals surface area contributed by atoms with E-state index in [2.05, 4.69) is 37.4 Å². The van der Waals surface area contributed by atoms with Crippen LogP contribution in [-0.2, 0) is 14.3 Å². The van der Waals surface area contributed by atoms with Gasteiger partial charge in [0.2, 0.25) is 5.91 Å². The molecule has 0 fully saturated rings. The lowest BCUT2D eigenvalue weighted by Gasteiger charge is -2.22. The number of rotatable bonds is 47. The first-order valence-corrected chi connectivity index (χ1v) is 25.6. The van der Waals surface area contributed by atoms with Gasteiger partial charge in [-0.05, 0) is 44.9 Å². The third-order valence-corrected chi connectivity index (χ3v) is 11.8. The zero-order chi connectivity index (χ0) is 42.3. The number of hydrogen-bond donors (Lipinski definition) is 3. The number of carbonyl (C=O) groups is 2. The van der Waals surface area contributed by atoms with E-state index in [4.69, 9.17) is 4.74 Å². The molecule has 6 nitrogen and oxygen atoms in total. The summed E-state index contributed by atoms with van der Waals surface area (Å²) in [4.78, 5) is 24.4. The van der Waals surface area contributed by atoms with Crippen molar-refractivity contribution in [3.05, 3.63) is 24.3 Å². The Morgan fingerprint density at radius 2 is 0.879 bits per heavy atom. The van der Waals surface area contributed by atoms with Crippen LogP contribution in [0.1, 0.15) is 271 Å². The van der Waals surface area contributed by atoms with E-state index in [1.807, 2.05) is 6.08 Å². The third kappa shape index (κ3) is 43.9. The Bertz CT molecular complexity index is 904. The van der Waals surface area contributed by atoms with Gasteiger partial charge in [-0.1, -0.05) is 237 Å². The zero-order valence-electron chi connectivity index (χ0n) is 38.8. The van der Waals surface area contributed by atoms with Gasteiger partial charge in [0.05, 0.1) is 25.4 Å². The number of amides is 1. The van der Waals surface area contributed by atoms with Crippen LogP contribution in [0.4, 0.5) is 0 Å². The van der Waals surface area contributed by atoms with Gasteiger partial charge in [-0.3, -0.25) is 9.59 Å². The van der Waals surface area contributed by atoms with Crippen LogP contribution in [-0.4, -0.2) is 47.4 Å². The first kappa shape index (κ1) is 56.3. The van der Waals surface area contributed by atoms with E-state index < -0.39 is 12.1 Å². The van der Waals surface area contributed by atoms with Crippen LogP contribution in [0.3, 0.4) is 0 Å². The van der Waals surface area contributed by atoms with E-state index in [9.17, 15) is 19.8 Å². The highest BCUT2D eigenvalue weighted by Gasteiger charge is 2.19. The minimum atomic E-state index is -0.696. The van der Waals surface area contributed by atoms with Crippen LogP contribution >= 0.6 is 0 Å². The fourth-order valence-electron chi connectivity index (χ4n) is 7.81. The Kier molecular flexibility index (Phi) is 46.6. The molecule has 0 spiro atoms. The van der Waals surface area contributed by atoms with E-state index in [0.717, 1.165) is 51.4 Å². The third-order valence-electron chi connectivity index (χ3n) is 11.8. The maximum Gasteiger partial charge on any atom is 0.305 e. The summed E-state index contributed by atoms with van der Waals surface area (Å²) in [7, 11) is 0. The van der Waals surface area contributed by atoms with E-state index in [1.54, 1.807) is 0 Å². The molecule has 58 heavy (non-hydrogen) atoms. The molecule has 0 aliphatic rings. The van der Waals surface area contributed by atoms with Crippen molar-refractivity contribution in [1.82, 2.24) is 5.32 Å². The number of nitrogens with one attached hydrogen (secondary N) is 1. The quantitative estimate of drug-likeness (QED) is 0.0323. The van der Waals surface area contributed by atoms with Crippen LogP contribution in [0.25, 0.3) is 0 Å². The molecule has 0 aromatic heterocycles. The highest BCUT2D eigenvalue weighted by molar-refractivity contribution is 5.76. The number of ether oxygens (including phenoxy) is 1. The number of esters is 1. The number of allylic oxidation sites excluding steroid dienone is 4. The second-order valence-electron chi connectivity index (χ2n) is 17.5. The summed E-state index contributed by atoms with van der Waals surface area (Å²) < 4.78 is 5.46. The number of aliphatic hydroxyl groups is 2. The predicted molar refractivity (Wildman–Crippen MR) is 250 cm³/mol. The van der Waals surface area contributed by atoms with Gasteiger partial charge in [-0.15, -0.1) is 0 Å². The molecular formula is C52H99NO5. The van der Waals surface area contributed by atoms with Crippen molar-refractivity contribution in [2.45, 2.75) is 283 Å². The van der Waals surface area contributed by atoms with E-state index >= 15 is 0 Å². The first-order chi connectivity index (χ1) is 28.5. The summed E-state index contributed by atoms with van der Waals surface area (Å²) in [5.74, 6) is -0.130. The van der Waals surface area contributed by atoms with Crippen LogP contribution in [0, 0.1) is 0 Å². The molecule has 2 unspecified atom stereocenters. The molecule has 1 amide bonds. The van der Waals surface area contributed by atoms with E-state index in [-0.39, 0.29) is 18.5 Å². The smallest absolute Gasteiger partial charge is 0.305 e. The highest BCUT2D eigenvalue weighted by Crippen LogP contribution is 2.16. The SMILES string of the molecule is CCCCCCCCCCCCCCCCCCCCC(=O)OCCCCCCCC/C=C\C/C=C\CCC(=O)NC(CO)C(O)CCCCCCCCCCCC. The molecule has 342 valence electrons. The molecule has 0 saturated carbocycles. The van der Waals surface area contributed by atoms with Crippen molar-refractivity contribution in [2.75, 3.05) is 13.2 Å². The predicted octanol–water partition coefficient (Wildman–Crippen LogP) is 15.1. The Balaban J connectivity index is 3.49. The molecule has 0 saturated heterocycles. The maximum atomic E-state index is 12.3. The average molecular weight is 818 g/mol. The molecule has 0 aromatic rings. The lowest BCUT2D eigenvalue weighted by Crippen LogP contribution is -2.45. The van der Waals surface area contributed by atoms with Crippen molar-refractivity contribution < 1.29 is 24.5 Å². The molecule has 0 aliphatic heterocycles. The Morgan fingerprint density at radius 3 is 1.34 bits per heavy atom. The van der Waals surface area contributed by atoms with Gasteiger partial charge in [0.25, 0.3) is 0 Å². The fraction of sp³-hybridized carbons (Fsp3) is 0.885. The van der Waals surface area contributed by atoms with Gasteiger partial charge in [-0.25, -0.2) is 0 Å². The second-order valence-corrected chi connectivity index (χ2v) is 17.5. The molecule has 0 radical (unpaired) electrons. The van der Waals surface area contributed by atoms with Gasteiger partial charge in [0.1, 0.15) is 0 Å². The number of carbonyl (C=O) groups excluding carboxylic acids is 2. The number of hydrogen-bond acceptors (Lipinski definition) is 5. The van der Waals surface area contributed by atoms with Crippen LogP contribution in [0.5, 0.6) is 0 Å². The molecular weight excluding hydrogens is 719 g/mol. The highest BCUT2D eigenvalue weighted by atomic mass is 16.5. The van der Waals surface area contributed by atoms with Crippen LogP contribution in [0.15, 0.2) is 24.3 Å². The standard InChI is InChI=1S/C52H99NO5/c1-3-5-7-9-11-13-15-16-17-18-19-20-23-26-30-34-38-42-46-52(57)58-47-43-39-35-31-27-24-21-22-25-29-33-37-41-45-51(56)53-49(48-54)50(55)44-40-36-32-28-14-12-10-8-6-4-2/h22,25,33,37,49-50,54-55H,3-21,23-24,26-32,34-36,38-48H2,1-2H3,(H,53,56)/b25-22-,37-33-. The van der Waals surface area contributed by atoms with Gasteiger partial charge >= 0.3 is 5.97 Å². The number of unbranched alkanes of at least 4 members (excludes halogenated alkanes) is 32. The molecule has 0 aliphatic carbocycles. The zero-order valence-corrected chi connectivity index (χ0v) is 38.8. The lowest BCUT2D eigenvalue weighted by atomic mass is 10.0. The van der Waals surface area contributed by atoms with E-state index in [0.29, 0.717) is 32.3 Å². The molecule has 3 N–H and O–H groups in total.